The van der Waals surface area contributed by atoms with E-state index >= 15 is 0 Å². The van der Waals surface area contributed by atoms with Crippen molar-refractivity contribution >= 4 is 11.9 Å². The minimum atomic E-state index is -0.814. The summed E-state index contributed by atoms with van der Waals surface area (Å²) in [5.41, 5.74) is 0. The molecule has 0 amide bonds. The Morgan fingerprint density at radius 2 is 1.27 bits per heavy atom. The Bertz CT molecular complexity index is 620. The molecule has 0 radical (unpaired) electrons. The summed E-state index contributed by atoms with van der Waals surface area (Å²) in [6, 6.07) is 0. The monoisotopic (exact) mass is 570 g/mol. The van der Waals surface area contributed by atoms with Gasteiger partial charge in [-0.15, -0.1) is 0 Å². The predicted octanol–water partition coefficient (Wildman–Crippen LogP) is 7.19. The largest absolute Gasteiger partial charge is 0.462 e. The predicted molar refractivity (Wildman–Crippen MR) is 162 cm³/mol. The summed E-state index contributed by atoms with van der Waals surface area (Å²) in [6.45, 7) is 6.17. The van der Waals surface area contributed by atoms with Gasteiger partial charge in [-0.05, 0) is 44.4 Å². The van der Waals surface area contributed by atoms with Crippen molar-refractivity contribution in [3.8, 4) is 0 Å². The second-order valence-electron chi connectivity index (χ2n) is 11.7. The van der Waals surface area contributed by atoms with Crippen LogP contribution in [0.4, 0.5) is 0 Å². The molecule has 0 saturated carbocycles. The zero-order valence-corrected chi connectivity index (χ0v) is 26.0. The Morgan fingerprint density at radius 3 is 1.88 bits per heavy atom. The molecule has 0 bridgehead atoms. The minimum Gasteiger partial charge on any atom is -0.462 e. The summed E-state index contributed by atoms with van der Waals surface area (Å²) < 4.78 is 10.5. The van der Waals surface area contributed by atoms with E-state index in [4.69, 9.17) is 9.47 Å². The first-order chi connectivity index (χ1) is 19.3. The number of allylic oxidation sites excluding steroid dienone is 1. The van der Waals surface area contributed by atoms with E-state index in [0.29, 0.717) is 25.7 Å². The van der Waals surface area contributed by atoms with Gasteiger partial charge in [0.2, 0.25) is 0 Å². The number of esters is 2. The molecule has 7 heteroatoms. The maximum atomic E-state index is 12.0. The highest BCUT2D eigenvalue weighted by Gasteiger charge is 2.16. The Balaban J connectivity index is 3.74. The van der Waals surface area contributed by atoms with E-state index in [-0.39, 0.29) is 31.6 Å². The molecule has 0 aromatic carbocycles. The number of hydrogen-bond donors (Lipinski definition) is 3. The van der Waals surface area contributed by atoms with Crippen LogP contribution in [-0.2, 0) is 19.1 Å². The molecule has 0 aromatic rings. The summed E-state index contributed by atoms with van der Waals surface area (Å²) in [5, 5.41) is 29.7. The van der Waals surface area contributed by atoms with Gasteiger partial charge in [0.1, 0.15) is 6.61 Å². The van der Waals surface area contributed by atoms with Gasteiger partial charge in [-0.2, -0.15) is 0 Å². The molecular formula is C33H62O7. The van der Waals surface area contributed by atoms with Crippen molar-refractivity contribution in [2.24, 2.45) is 5.92 Å². The van der Waals surface area contributed by atoms with Gasteiger partial charge in [-0.25, -0.2) is 0 Å². The van der Waals surface area contributed by atoms with Gasteiger partial charge in [0.05, 0.1) is 18.8 Å². The lowest BCUT2D eigenvalue weighted by molar-refractivity contribution is -0.161. The van der Waals surface area contributed by atoms with E-state index in [2.05, 4.69) is 26.8 Å². The van der Waals surface area contributed by atoms with E-state index in [0.717, 1.165) is 57.3 Å². The third-order valence-corrected chi connectivity index (χ3v) is 7.19. The SMILES string of the molecule is CCCCC/C=C\C[C@@H](O)[C@H](O)CCCCCCCC(=O)OC[C@H](CO)OC(=O)CCCCCCCCC(C)C. The Kier molecular flexibility index (Phi) is 26.7. The fourth-order valence-corrected chi connectivity index (χ4v) is 4.52. The van der Waals surface area contributed by atoms with Gasteiger partial charge < -0.3 is 24.8 Å². The maximum Gasteiger partial charge on any atom is 0.306 e. The van der Waals surface area contributed by atoms with Gasteiger partial charge in [-0.1, -0.05) is 110 Å². The average Bonchev–Trinajstić information content (AvgIpc) is 2.93. The van der Waals surface area contributed by atoms with Crippen LogP contribution >= 0.6 is 0 Å². The zero-order valence-electron chi connectivity index (χ0n) is 26.0. The third-order valence-electron chi connectivity index (χ3n) is 7.19. The minimum absolute atomic E-state index is 0.120. The first kappa shape index (κ1) is 38.6. The van der Waals surface area contributed by atoms with Crippen molar-refractivity contribution in [1.29, 1.82) is 0 Å². The number of carbonyl (C=O) groups excluding carboxylic acids is 2. The van der Waals surface area contributed by atoms with Crippen LogP contribution < -0.4 is 0 Å². The van der Waals surface area contributed by atoms with Gasteiger partial charge in [0.15, 0.2) is 6.10 Å². The molecule has 0 saturated heterocycles. The molecule has 0 aromatic heterocycles. The summed E-state index contributed by atoms with van der Waals surface area (Å²) >= 11 is 0. The van der Waals surface area contributed by atoms with Crippen molar-refractivity contribution in [1.82, 2.24) is 0 Å². The lowest BCUT2D eigenvalue weighted by Gasteiger charge is -2.16. The molecule has 0 fully saturated rings. The van der Waals surface area contributed by atoms with Crippen LogP contribution in [0.2, 0.25) is 0 Å². The first-order valence-corrected chi connectivity index (χ1v) is 16.3. The highest BCUT2D eigenvalue weighted by molar-refractivity contribution is 5.70. The van der Waals surface area contributed by atoms with Crippen LogP contribution in [0, 0.1) is 5.92 Å². The number of aliphatic hydroxyl groups is 3. The highest BCUT2D eigenvalue weighted by Crippen LogP contribution is 2.14. The molecule has 3 N–H and O–H groups in total. The first-order valence-electron chi connectivity index (χ1n) is 16.3. The van der Waals surface area contributed by atoms with E-state index in [1.54, 1.807) is 0 Å². The maximum absolute atomic E-state index is 12.0. The van der Waals surface area contributed by atoms with Crippen molar-refractivity contribution < 1.29 is 34.4 Å². The standard InChI is InChI=1S/C33H62O7/c1-4-5-6-7-12-17-22-30(35)31(36)23-18-13-10-15-19-24-32(37)39-27-29(26-34)40-33(38)25-20-14-9-8-11-16-21-28(2)3/h12,17,28-31,34-36H,4-11,13-16,18-27H2,1-3H3/b17-12-/t29-,30+,31+/m0/s1. The molecule has 0 heterocycles. The van der Waals surface area contributed by atoms with Crippen molar-refractivity contribution in [3.63, 3.8) is 0 Å². The third kappa shape index (κ3) is 25.5. The second kappa shape index (κ2) is 27.7. The number of unbranched alkanes of at least 4 members (excludes halogenated alkanes) is 12. The summed E-state index contributed by atoms with van der Waals surface area (Å²) in [7, 11) is 0. The van der Waals surface area contributed by atoms with E-state index in [1.807, 2.05) is 6.08 Å². The summed E-state index contributed by atoms with van der Waals surface area (Å²) in [5.74, 6) is 0.0504. The Morgan fingerprint density at radius 1 is 0.700 bits per heavy atom. The molecule has 3 atom stereocenters. The fourth-order valence-electron chi connectivity index (χ4n) is 4.52. The van der Waals surface area contributed by atoms with Crippen molar-refractivity contribution in [2.75, 3.05) is 13.2 Å². The van der Waals surface area contributed by atoms with Crippen LogP contribution in [0.25, 0.3) is 0 Å². The van der Waals surface area contributed by atoms with Crippen LogP contribution in [0.1, 0.15) is 149 Å². The van der Waals surface area contributed by atoms with E-state index in [9.17, 15) is 24.9 Å². The van der Waals surface area contributed by atoms with Gasteiger partial charge in [0, 0.05) is 12.8 Å². The number of carbonyl (C=O) groups is 2. The topological polar surface area (TPSA) is 113 Å². The number of rotatable bonds is 28. The normalized spacial score (nSPS) is 14.0. The number of hydrogen-bond acceptors (Lipinski definition) is 7. The van der Waals surface area contributed by atoms with Crippen LogP contribution in [0.3, 0.4) is 0 Å². The smallest absolute Gasteiger partial charge is 0.306 e. The van der Waals surface area contributed by atoms with Crippen molar-refractivity contribution in [2.45, 2.75) is 167 Å². The quantitative estimate of drug-likeness (QED) is 0.0518. The number of aliphatic hydroxyl groups excluding tert-OH is 3. The lowest BCUT2D eigenvalue weighted by atomic mass is 10.0. The van der Waals surface area contributed by atoms with Gasteiger partial charge >= 0.3 is 11.9 Å². The highest BCUT2D eigenvalue weighted by atomic mass is 16.6. The van der Waals surface area contributed by atoms with E-state index in [1.165, 1.54) is 44.9 Å². The summed E-state index contributed by atoms with van der Waals surface area (Å²) in [6.07, 6.45) is 20.3. The average molecular weight is 571 g/mol. The Hall–Kier alpha value is -1.44. The lowest BCUT2D eigenvalue weighted by Crippen LogP contribution is -2.28. The fraction of sp³-hybridized carbons (Fsp3) is 0.879. The van der Waals surface area contributed by atoms with Crippen molar-refractivity contribution in [3.05, 3.63) is 12.2 Å². The molecule has 40 heavy (non-hydrogen) atoms. The molecule has 0 rings (SSSR count). The second-order valence-corrected chi connectivity index (χ2v) is 11.7. The zero-order chi connectivity index (χ0) is 29.8. The van der Waals surface area contributed by atoms with Gasteiger partial charge in [0.25, 0.3) is 0 Å². The van der Waals surface area contributed by atoms with Crippen LogP contribution in [-0.4, -0.2) is 58.8 Å². The molecule has 0 aliphatic heterocycles. The molecule has 0 aliphatic rings. The van der Waals surface area contributed by atoms with Crippen LogP contribution in [0.15, 0.2) is 12.2 Å². The molecule has 7 nitrogen and oxygen atoms in total. The van der Waals surface area contributed by atoms with E-state index < -0.39 is 18.3 Å². The molecular weight excluding hydrogens is 508 g/mol. The molecule has 0 unspecified atom stereocenters. The molecule has 0 aliphatic carbocycles. The Labute approximate surface area is 245 Å². The number of ether oxygens (including phenoxy) is 2. The molecule has 0 spiro atoms. The summed E-state index contributed by atoms with van der Waals surface area (Å²) in [4.78, 5) is 24.0. The van der Waals surface area contributed by atoms with Crippen LogP contribution in [0.5, 0.6) is 0 Å². The molecule has 236 valence electrons. The van der Waals surface area contributed by atoms with Gasteiger partial charge in [-0.3, -0.25) is 9.59 Å².